The SMILES string of the molecule is CC(C)CN(CC(=O)NO)S(=O)(=O)c1ccc(OCCF)cc1. The first-order valence-corrected chi connectivity index (χ1v) is 8.47. The molecule has 9 heteroatoms. The van der Waals surface area contributed by atoms with E-state index >= 15 is 0 Å². The standard InChI is InChI=1S/C14H21FN2O5S/c1-11(2)9-17(10-14(18)16-19)23(20,21)13-5-3-12(4-6-13)22-8-7-15/h3-6,11,19H,7-10H2,1-2H3,(H,16,18). The fraction of sp³-hybridized carbons (Fsp3) is 0.500. The van der Waals surface area contributed by atoms with Crippen LogP contribution in [0.1, 0.15) is 13.8 Å². The number of nitrogens with one attached hydrogen (secondary N) is 1. The van der Waals surface area contributed by atoms with Gasteiger partial charge in [-0.25, -0.2) is 18.3 Å². The molecule has 7 nitrogen and oxygen atoms in total. The van der Waals surface area contributed by atoms with E-state index in [2.05, 4.69) is 0 Å². The molecule has 1 rings (SSSR count). The van der Waals surface area contributed by atoms with Crippen molar-refractivity contribution in [2.75, 3.05) is 26.4 Å². The summed E-state index contributed by atoms with van der Waals surface area (Å²) in [5.41, 5.74) is 1.42. The highest BCUT2D eigenvalue weighted by Crippen LogP contribution is 2.20. The fourth-order valence-corrected chi connectivity index (χ4v) is 3.42. The van der Waals surface area contributed by atoms with Crippen LogP contribution >= 0.6 is 0 Å². The van der Waals surface area contributed by atoms with E-state index in [1.165, 1.54) is 29.7 Å². The van der Waals surface area contributed by atoms with Gasteiger partial charge in [0.1, 0.15) is 19.0 Å². The Balaban J connectivity index is 3.01. The van der Waals surface area contributed by atoms with Crippen LogP contribution in [0.25, 0.3) is 0 Å². The quantitative estimate of drug-likeness (QED) is 0.516. The summed E-state index contributed by atoms with van der Waals surface area (Å²) in [7, 11) is -3.91. The smallest absolute Gasteiger partial charge is 0.258 e. The Morgan fingerprint density at radius 1 is 1.35 bits per heavy atom. The Kier molecular flexibility index (Phi) is 7.40. The number of hydroxylamine groups is 1. The van der Waals surface area contributed by atoms with Crippen molar-refractivity contribution in [1.29, 1.82) is 0 Å². The third-order valence-corrected chi connectivity index (χ3v) is 4.65. The number of hydrogen-bond donors (Lipinski definition) is 2. The third-order valence-electron chi connectivity index (χ3n) is 2.82. The van der Waals surface area contributed by atoms with Crippen molar-refractivity contribution in [2.45, 2.75) is 18.7 Å². The Hall–Kier alpha value is -1.71. The molecule has 0 aliphatic carbocycles. The van der Waals surface area contributed by atoms with Gasteiger partial charge in [0.05, 0.1) is 11.4 Å². The van der Waals surface area contributed by atoms with Gasteiger partial charge in [0, 0.05) is 6.54 Å². The van der Waals surface area contributed by atoms with Crippen LogP contribution in [0.15, 0.2) is 29.2 Å². The normalized spacial score (nSPS) is 11.7. The van der Waals surface area contributed by atoms with Crippen molar-refractivity contribution in [3.8, 4) is 5.75 Å². The molecule has 2 N–H and O–H groups in total. The largest absolute Gasteiger partial charge is 0.491 e. The van der Waals surface area contributed by atoms with Gasteiger partial charge < -0.3 is 4.74 Å². The maximum atomic E-state index is 12.6. The topological polar surface area (TPSA) is 95.9 Å². The second-order valence-corrected chi connectivity index (χ2v) is 7.17. The molecule has 0 bridgehead atoms. The van der Waals surface area contributed by atoms with Crippen molar-refractivity contribution >= 4 is 15.9 Å². The number of carbonyl (C=O) groups is 1. The molecular formula is C14H21FN2O5S. The Morgan fingerprint density at radius 3 is 2.43 bits per heavy atom. The first-order valence-electron chi connectivity index (χ1n) is 7.03. The molecule has 0 atom stereocenters. The predicted molar refractivity (Wildman–Crippen MR) is 81.4 cm³/mol. The number of amides is 1. The van der Waals surface area contributed by atoms with E-state index in [0.717, 1.165) is 4.31 Å². The maximum absolute atomic E-state index is 12.6. The van der Waals surface area contributed by atoms with Gasteiger partial charge in [-0.1, -0.05) is 13.8 Å². The van der Waals surface area contributed by atoms with E-state index in [4.69, 9.17) is 9.94 Å². The van der Waals surface area contributed by atoms with E-state index in [1.54, 1.807) is 0 Å². The number of ether oxygens (including phenoxy) is 1. The molecule has 1 aromatic rings. The number of benzene rings is 1. The van der Waals surface area contributed by atoms with Crippen LogP contribution in [-0.4, -0.2) is 50.2 Å². The van der Waals surface area contributed by atoms with Crippen molar-refractivity contribution in [1.82, 2.24) is 9.79 Å². The zero-order chi connectivity index (χ0) is 17.5. The molecule has 1 amide bonds. The molecule has 0 aromatic heterocycles. The van der Waals surface area contributed by atoms with Crippen LogP contribution in [-0.2, 0) is 14.8 Å². The molecule has 0 heterocycles. The van der Waals surface area contributed by atoms with Gasteiger partial charge >= 0.3 is 0 Å². The number of nitrogens with zero attached hydrogens (tertiary/aromatic N) is 1. The highest BCUT2D eigenvalue weighted by molar-refractivity contribution is 7.89. The van der Waals surface area contributed by atoms with E-state index in [9.17, 15) is 17.6 Å². The summed E-state index contributed by atoms with van der Waals surface area (Å²) in [5, 5.41) is 8.60. The summed E-state index contributed by atoms with van der Waals surface area (Å²) in [6.45, 7) is 2.51. The summed E-state index contributed by atoms with van der Waals surface area (Å²) in [6, 6.07) is 5.49. The lowest BCUT2D eigenvalue weighted by atomic mass is 10.2. The molecule has 1 aromatic carbocycles. The Labute approximate surface area is 135 Å². The number of halogens is 1. The average Bonchev–Trinajstić information content (AvgIpc) is 2.52. The summed E-state index contributed by atoms with van der Waals surface area (Å²) in [5.74, 6) is -0.481. The highest BCUT2D eigenvalue weighted by atomic mass is 32.2. The molecule has 0 aliphatic rings. The van der Waals surface area contributed by atoms with Crippen molar-refractivity contribution in [3.05, 3.63) is 24.3 Å². The van der Waals surface area contributed by atoms with E-state index in [-0.39, 0.29) is 24.0 Å². The van der Waals surface area contributed by atoms with Crippen LogP contribution in [0.3, 0.4) is 0 Å². The predicted octanol–water partition coefficient (Wildman–Crippen LogP) is 1.19. The van der Waals surface area contributed by atoms with Crippen LogP contribution in [0.5, 0.6) is 5.75 Å². The van der Waals surface area contributed by atoms with Crippen molar-refractivity contribution in [2.24, 2.45) is 5.92 Å². The second kappa shape index (κ2) is 8.80. The van der Waals surface area contributed by atoms with Gasteiger partial charge in [-0.05, 0) is 30.2 Å². The Bertz CT molecular complexity index is 604. The number of hydrogen-bond acceptors (Lipinski definition) is 5. The summed E-state index contributed by atoms with van der Waals surface area (Å²) >= 11 is 0. The van der Waals surface area contributed by atoms with Crippen LogP contribution in [0.2, 0.25) is 0 Å². The molecule has 0 saturated heterocycles. The monoisotopic (exact) mass is 348 g/mol. The summed E-state index contributed by atoms with van der Waals surface area (Å²) in [6.07, 6.45) is 0. The maximum Gasteiger partial charge on any atom is 0.258 e. The molecule has 130 valence electrons. The summed E-state index contributed by atoms with van der Waals surface area (Å²) in [4.78, 5) is 11.3. The minimum absolute atomic E-state index is 0.0107. The van der Waals surface area contributed by atoms with E-state index < -0.39 is 29.1 Å². The zero-order valence-corrected chi connectivity index (χ0v) is 13.8. The molecule has 0 saturated carbocycles. The summed E-state index contributed by atoms with van der Waals surface area (Å²) < 4.78 is 43.3. The lowest BCUT2D eigenvalue weighted by Crippen LogP contribution is -2.41. The molecule has 0 aliphatic heterocycles. The molecule has 0 spiro atoms. The third kappa shape index (κ3) is 5.77. The number of rotatable bonds is 9. The number of sulfonamides is 1. The van der Waals surface area contributed by atoms with Crippen LogP contribution < -0.4 is 10.2 Å². The first kappa shape index (κ1) is 19.3. The fourth-order valence-electron chi connectivity index (χ4n) is 1.86. The number of alkyl halides is 1. The molecule has 0 unspecified atom stereocenters. The van der Waals surface area contributed by atoms with E-state index in [1.807, 2.05) is 13.8 Å². The molecule has 0 fully saturated rings. The molecule has 0 radical (unpaired) electrons. The average molecular weight is 348 g/mol. The molecular weight excluding hydrogens is 327 g/mol. The van der Waals surface area contributed by atoms with Gasteiger partial charge in [0.25, 0.3) is 5.91 Å². The molecule has 23 heavy (non-hydrogen) atoms. The minimum atomic E-state index is -3.91. The minimum Gasteiger partial charge on any atom is -0.491 e. The van der Waals surface area contributed by atoms with Gasteiger partial charge in [-0.15, -0.1) is 0 Å². The van der Waals surface area contributed by atoms with Crippen molar-refractivity contribution in [3.63, 3.8) is 0 Å². The number of carbonyl (C=O) groups excluding carboxylic acids is 1. The van der Waals surface area contributed by atoms with Gasteiger partial charge in [0.2, 0.25) is 10.0 Å². The van der Waals surface area contributed by atoms with Gasteiger partial charge in [-0.2, -0.15) is 4.31 Å². The first-order chi connectivity index (χ1) is 10.8. The van der Waals surface area contributed by atoms with Crippen molar-refractivity contribution < 1.29 is 27.5 Å². The van der Waals surface area contributed by atoms with Gasteiger partial charge in [0.15, 0.2) is 0 Å². The van der Waals surface area contributed by atoms with E-state index in [0.29, 0.717) is 5.75 Å². The highest BCUT2D eigenvalue weighted by Gasteiger charge is 2.27. The lowest BCUT2D eigenvalue weighted by Gasteiger charge is -2.23. The van der Waals surface area contributed by atoms with Crippen LogP contribution in [0.4, 0.5) is 4.39 Å². The lowest BCUT2D eigenvalue weighted by molar-refractivity contribution is -0.129. The van der Waals surface area contributed by atoms with Crippen LogP contribution in [0, 0.1) is 5.92 Å². The van der Waals surface area contributed by atoms with Gasteiger partial charge in [-0.3, -0.25) is 10.0 Å². The zero-order valence-electron chi connectivity index (χ0n) is 13.0. The Morgan fingerprint density at radius 2 is 1.96 bits per heavy atom. The second-order valence-electron chi connectivity index (χ2n) is 5.24.